The number of ether oxygens (including phenoxy) is 3. The number of aromatic nitrogens is 2. The van der Waals surface area contributed by atoms with E-state index in [9.17, 15) is 14.9 Å². The van der Waals surface area contributed by atoms with E-state index in [1.807, 2.05) is 26.8 Å². The van der Waals surface area contributed by atoms with E-state index in [2.05, 4.69) is 62.5 Å². The molecule has 2 aliphatic heterocycles. The third-order valence-corrected chi connectivity index (χ3v) is 14.5. The largest absolute Gasteiger partial charge is 0.495 e. The third-order valence-electron chi connectivity index (χ3n) is 10.0. The summed E-state index contributed by atoms with van der Waals surface area (Å²) in [6, 6.07) is 13.1. The van der Waals surface area contributed by atoms with Crippen molar-refractivity contribution in [3.8, 4) is 23.1 Å². The lowest BCUT2D eigenvalue weighted by atomic mass is 9.83. The number of carbonyl (C=O) groups excluding carboxylic acids is 2. The highest BCUT2D eigenvalue weighted by atomic mass is 28.4. The van der Waals surface area contributed by atoms with Crippen molar-refractivity contribution < 1.29 is 28.2 Å². The molecule has 278 valence electrons. The molecule has 1 atom stereocenters. The maximum atomic E-state index is 13.6. The van der Waals surface area contributed by atoms with Gasteiger partial charge in [-0.25, -0.2) is 14.8 Å². The van der Waals surface area contributed by atoms with Gasteiger partial charge >= 0.3 is 6.09 Å². The van der Waals surface area contributed by atoms with Gasteiger partial charge < -0.3 is 29.3 Å². The van der Waals surface area contributed by atoms with Crippen LogP contribution in [0.2, 0.25) is 18.1 Å². The Balaban J connectivity index is 1.47. The molecule has 0 radical (unpaired) electrons. The number of nitrogens with zero attached hydrogens (tertiary/aromatic N) is 4. The SMILES string of the molecule is COc1cc(C(=O)NC2CCOCC2)ccc1Nc1nccc(-c2cc(C#N)c3c(c2)C(C)(CO[Si](C)(C)C(C)(C)C)CN3C(=O)OC(C)(C)C)n1. The number of anilines is 3. The minimum absolute atomic E-state index is 0.0140. The Kier molecular flexibility index (Phi) is 11.1. The predicted octanol–water partition coefficient (Wildman–Crippen LogP) is 7.71. The number of hydrogen-bond donors (Lipinski definition) is 2. The van der Waals surface area contributed by atoms with Gasteiger partial charge in [-0.3, -0.25) is 9.69 Å². The molecule has 3 aromatic rings. The van der Waals surface area contributed by atoms with E-state index in [4.69, 9.17) is 23.6 Å². The molecule has 0 aliphatic carbocycles. The lowest BCUT2D eigenvalue weighted by Gasteiger charge is -2.39. The highest BCUT2D eigenvalue weighted by Gasteiger charge is 2.47. The number of amides is 2. The van der Waals surface area contributed by atoms with Crippen LogP contribution in [0.15, 0.2) is 42.6 Å². The number of fused-ring (bicyclic) bond motifs is 1. The van der Waals surface area contributed by atoms with Gasteiger partial charge in [0.2, 0.25) is 5.95 Å². The lowest BCUT2D eigenvalue weighted by Crippen LogP contribution is -2.46. The summed E-state index contributed by atoms with van der Waals surface area (Å²) in [5.74, 6) is 0.582. The molecule has 5 rings (SSSR count). The van der Waals surface area contributed by atoms with Crippen molar-refractivity contribution in [3.63, 3.8) is 0 Å². The molecule has 1 unspecified atom stereocenters. The van der Waals surface area contributed by atoms with Crippen LogP contribution in [0.1, 0.15) is 82.8 Å². The number of hydrogen-bond acceptors (Lipinski definition) is 10. The first-order chi connectivity index (χ1) is 24.3. The van der Waals surface area contributed by atoms with Crippen molar-refractivity contribution in [2.45, 2.75) is 96.5 Å². The van der Waals surface area contributed by atoms with Gasteiger partial charge in [0, 0.05) is 55.1 Å². The van der Waals surface area contributed by atoms with Crippen LogP contribution in [0.3, 0.4) is 0 Å². The first kappa shape index (κ1) is 38.7. The van der Waals surface area contributed by atoms with Crippen LogP contribution in [0, 0.1) is 11.3 Å². The highest BCUT2D eigenvalue weighted by molar-refractivity contribution is 6.74. The Morgan fingerprint density at radius 3 is 2.44 bits per heavy atom. The van der Waals surface area contributed by atoms with Gasteiger partial charge in [0.25, 0.3) is 5.91 Å². The Hall–Kier alpha value is -4.51. The van der Waals surface area contributed by atoms with E-state index >= 15 is 0 Å². The fraction of sp³-hybridized carbons (Fsp3) is 0.513. The molecule has 2 aromatic carbocycles. The summed E-state index contributed by atoms with van der Waals surface area (Å²) in [7, 11) is -0.626. The molecule has 0 saturated carbocycles. The molecule has 1 saturated heterocycles. The second-order valence-electron chi connectivity index (χ2n) is 16.4. The zero-order chi connectivity index (χ0) is 38.1. The van der Waals surface area contributed by atoms with Crippen molar-refractivity contribution in [3.05, 3.63) is 59.3 Å². The summed E-state index contributed by atoms with van der Waals surface area (Å²) in [6.45, 7) is 20.5. The third kappa shape index (κ3) is 8.57. The van der Waals surface area contributed by atoms with Crippen LogP contribution in [0.5, 0.6) is 5.75 Å². The summed E-state index contributed by atoms with van der Waals surface area (Å²) < 4.78 is 23.6. The monoisotopic (exact) mass is 728 g/mol. The van der Waals surface area contributed by atoms with Gasteiger partial charge in [0.15, 0.2) is 8.32 Å². The van der Waals surface area contributed by atoms with Gasteiger partial charge in [0.1, 0.15) is 17.4 Å². The Bertz CT molecular complexity index is 1860. The van der Waals surface area contributed by atoms with Crippen LogP contribution in [0.4, 0.5) is 22.1 Å². The molecule has 2 aliphatic rings. The quantitative estimate of drug-likeness (QED) is 0.210. The fourth-order valence-electron chi connectivity index (χ4n) is 6.03. The minimum Gasteiger partial charge on any atom is -0.495 e. The summed E-state index contributed by atoms with van der Waals surface area (Å²) in [5, 5.41) is 16.7. The van der Waals surface area contributed by atoms with E-state index in [0.29, 0.717) is 71.8 Å². The molecule has 2 amide bonds. The molecule has 3 heterocycles. The maximum absolute atomic E-state index is 13.6. The fourth-order valence-corrected chi connectivity index (χ4v) is 7.14. The number of benzene rings is 2. The number of rotatable bonds is 9. The Morgan fingerprint density at radius 1 is 1.10 bits per heavy atom. The van der Waals surface area contributed by atoms with Gasteiger partial charge in [-0.15, -0.1) is 0 Å². The standard InChI is InChI=1S/C39H52N6O6Si/c1-37(2,3)51-36(47)45-23-39(7,24-50-52(9,10)38(4,5)6)29-20-26(19-27(22-40)33(29)45)30-13-16-41-35(43-30)44-31-12-11-25(21-32(31)48-8)34(46)42-28-14-17-49-18-15-28/h11-13,16,19-21,28H,14-15,17-18,23-24H2,1-10H3,(H,42,46)(H,41,43,44). The van der Waals surface area contributed by atoms with E-state index in [1.54, 1.807) is 41.4 Å². The second kappa shape index (κ2) is 14.8. The van der Waals surface area contributed by atoms with Gasteiger partial charge in [-0.1, -0.05) is 27.7 Å². The molecule has 52 heavy (non-hydrogen) atoms. The second-order valence-corrected chi connectivity index (χ2v) is 21.2. The minimum atomic E-state index is -2.17. The molecule has 1 aromatic heterocycles. The zero-order valence-electron chi connectivity index (χ0n) is 32.1. The van der Waals surface area contributed by atoms with Crippen molar-refractivity contribution in [1.82, 2.24) is 15.3 Å². The van der Waals surface area contributed by atoms with Crippen LogP contribution in [0.25, 0.3) is 11.3 Å². The first-order valence-electron chi connectivity index (χ1n) is 17.7. The summed E-state index contributed by atoms with van der Waals surface area (Å²) in [5.41, 5.74) is 2.65. The van der Waals surface area contributed by atoms with Crippen LogP contribution in [-0.4, -0.2) is 75.4 Å². The van der Waals surface area contributed by atoms with Crippen molar-refractivity contribution in [1.29, 1.82) is 5.26 Å². The molecule has 13 heteroatoms. The topological polar surface area (TPSA) is 148 Å². The van der Waals surface area contributed by atoms with Crippen LogP contribution in [-0.2, 0) is 19.3 Å². The van der Waals surface area contributed by atoms with Crippen LogP contribution < -0.4 is 20.3 Å². The van der Waals surface area contributed by atoms with E-state index in [-0.39, 0.29) is 17.0 Å². The molecule has 12 nitrogen and oxygen atoms in total. The molecular weight excluding hydrogens is 677 g/mol. The molecule has 2 N–H and O–H groups in total. The Morgan fingerprint density at radius 2 is 1.81 bits per heavy atom. The average Bonchev–Trinajstić information content (AvgIpc) is 3.39. The summed E-state index contributed by atoms with van der Waals surface area (Å²) >= 11 is 0. The smallest absolute Gasteiger partial charge is 0.414 e. The number of carbonyl (C=O) groups is 2. The van der Waals surface area contributed by atoms with E-state index in [1.165, 1.54) is 7.11 Å². The highest BCUT2D eigenvalue weighted by Crippen LogP contribution is 2.47. The van der Waals surface area contributed by atoms with E-state index < -0.39 is 25.4 Å². The zero-order valence-corrected chi connectivity index (χ0v) is 33.1. The predicted molar refractivity (Wildman–Crippen MR) is 204 cm³/mol. The van der Waals surface area contributed by atoms with Gasteiger partial charge in [-0.2, -0.15) is 5.26 Å². The Labute approximate surface area is 308 Å². The van der Waals surface area contributed by atoms with Gasteiger partial charge in [0.05, 0.1) is 29.7 Å². The molecule has 0 bridgehead atoms. The molecule has 0 spiro atoms. The first-order valence-corrected chi connectivity index (χ1v) is 20.7. The van der Waals surface area contributed by atoms with Crippen molar-refractivity contribution in [2.24, 2.45) is 0 Å². The lowest BCUT2D eigenvalue weighted by molar-refractivity contribution is 0.0574. The molecular formula is C39H52N6O6Si. The van der Waals surface area contributed by atoms with Crippen LogP contribution >= 0.6 is 0 Å². The summed E-state index contributed by atoms with van der Waals surface area (Å²) in [4.78, 5) is 37.4. The van der Waals surface area contributed by atoms with Gasteiger partial charge in [-0.05, 0) is 93.7 Å². The van der Waals surface area contributed by atoms with E-state index in [0.717, 1.165) is 18.4 Å². The van der Waals surface area contributed by atoms with Crippen molar-refractivity contribution >= 4 is 37.6 Å². The molecule has 1 fully saturated rings. The maximum Gasteiger partial charge on any atom is 0.414 e. The average molecular weight is 729 g/mol. The number of methoxy groups -OCH3 is 1. The summed E-state index contributed by atoms with van der Waals surface area (Å²) in [6.07, 6.45) is 2.69. The number of nitriles is 1. The number of nitrogens with one attached hydrogen (secondary N) is 2. The normalized spacial score (nSPS) is 18.0. The van der Waals surface area contributed by atoms with Crippen molar-refractivity contribution in [2.75, 3.05) is 43.7 Å².